The van der Waals surface area contributed by atoms with Gasteiger partial charge in [0.1, 0.15) is 0 Å². The molecule has 120 valence electrons. The first kappa shape index (κ1) is 18.5. The normalized spacial score (nSPS) is 11.0. The molecule has 0 spiro atoms. The lowest BCUT2D eigenvalue weighted by Gasteiger charge is -2.17. The summed E-state index contributed by atoms with van der Waals surface area (Å²) in [6.45, 7) is 4.35. The quantitative estimate of drug-likeness (QED) is 0.466. The lowest BCUT2D eigenvalue weighted by atomic mass is 10.2. The average Bonchev–Trinajstić information content (AvgIpc) is 2.89. The van der Waals surface area contributed by atoms with Gasteiger partial charge in [0.25, 0.3) is 0 Å². The molecular weight excluding hydrogens is 389 g/mol. The Labute approximate surface area is 149 Å². The molecule has 22 heavy (non-hydrogen) atoms. The van der Waals surface area contributed by atoms with Gasteiger partial charge in [-0.05, 0) is 18.1 Å². The highest BCUT2D eigenvalue weighted by Gasteiger charge is 2.01. The number of guanidine groups is 1. The number of rotatable bonds is 5. The van der Waals surface area contributed by atoms with Gasteiger partial charge in [-0.15, -0.1) is 24.0 Å². The summed E-state index contributed by atoms with van der Waals surface area (Å²) < 4.78 is 1.94. The number of nitrogens with zero attached hydrogens (tertiary/aromatic N) is 4. The van der Waals surface area contributed by atoms with Crippen LogP contribution in [0.5, 0.6) is 0 Å². The van der Waals surface area contributed by atoms with Gasteiger partial charge in [-0.25, -0.2) is 4.99 Å². The summed E-state index contributed by atoms with van der Waals surface area (Å²) in [5.41, 5.74) is 2.39. The number of aryl methyl sites for hydroxylation is 1. The van der Waals surface area contributed by atoms with E-state index in [9.17, 15) is 0 Å². The van der Waals surface area contributed by atoms with Crippen LogP contribution >= 0.6 is 24.0 Å². The van der Waals surface area contributed by atoms with Crippen LogP contribution in [0, 0.1) is 6.92 Å². The zero-order valence-electron chi connectivity index (χ0n) is 13.4. The smallest absolute Gasteiger partial charge is 0.193 e. The Balaban J connectivity index is 0.00000242. The third-order valence-electron chi connectivity index (χ3n) is 3.06. The second kappa shape index (κ2) is 9.45. The Morgan fingerprint density at radius 3 is 2.59 bits per heavy atom. The maximum atomic E-state index is 4.63. The van der Waals surface area contributed by atoms with Gasteiger partial charge in [-0.1, -0.05) is 30.3 Å². The maximum absolute atomic E-state index is 4.63. The summed E-state index contributed by atoms with van der Waals surface area (Å²) in [5, 5.41) is 7.64. The molecule has 1 aromatic carbocycles. The van der Waals surface area contributed by atoms with Crippen LogP contribution < -0.4 is 5.32 Å². The minimum atomic E-state index is 0. The number of benzene rings is 1. The summed E-state index contributed by atoms with van der Waals surface area (Å²) >= 11 is 0. The molecule has 0 atom stereocenters. The largest absolute Gasteiger partial charge is 0.354 e. The standard InChI is InChI=1S/C16H23N5.HI/c1-14-11-19-21(13-14)10-9-17-16(20(2)3)18-12-15-7-5-4-6-8-15;/h4-8,11,13H,9-10,12H2,1-3H3,(H,17,18);1H. The predicted octanol–water partition coefficient (Wildman–Crippen LogP) is 2.52. The van der Waals surface area contributed by atoms with Gasteiger partial charge in [-0.3, -0.25) is 4.68 Å². The molecule has 0 radical (unpaired) electrons. The van der Waals surface area contributed by atoms with Gasteiger partial charge < -0.3 is 10.2 Å². The van der Waals surface area contributed by atoms with E-state index in [1.807, 2.05) is 61.2 Å². The zero-order chi connectivity index (χ0) is 15.1. The van der Waals surface area contributed by atoms with E-state index in [2.05, 4.69) is 27.5 Å². The maximum Gasteiger partial charge on any atom is 0.193 e. The molecule has 0 amide bonds. The van der Waals surface area contributed by atoms with Gasteiger partial charge in [0.2, 0.25) is 0 Å². The fourth-order valence-electron chi connectivity index (χ4n) is 1.98. The van der Waals surface area contributed by atoms with E-state index in [0.29, 0.717) is 6.54 Å². The number of nitrogens with one attached hydrogen (secondary N) is 1. The van der Waals surface area contributed by atoms with Gasteiger partial charge >= 0.3 is 0 Å². The third-order valence-corrected chi connectivity index (χ3v) is 3.06. The SMILES string of the molecule is Cc1cnn(CCNC(=NCc2ccccc2)N(C)C)c1.I. The molecule has 2 aromatic rings. The van der Waals surface area contributed by atoms with E-state index in [1.165, 1.54) is 11.1 Å². The van der Waals surface area contributed by atoms with Crippen molar-refractivity contribution in [3.63, 3.8) is 0 Å². The van der Waals surface area contributed by atoms with E-state index in [0.717, 1.165) is 19.0 Å². The first-order valence-electron chi connectivity index (χ1n) is 7.14. The fourth-order valence-corrected chi connectivity index (χ4v) is 1.98. The van der Waals surface area contributed by atoms with Crippen molar-refractivity contribution in [2.75, 3.05) is 20.6 Å². The van der Waals surface area contributed by atoms with Crippen LogP contribution in [-0.2, 0) is 13.1 Å². The van der Waals surface area contributed by atoms with Crippen molar-refractivity contribution < 1.29 is 0 Å². The number of aromatic nitrogens is 2. The van der Waals surface area contributed by atoms with E-state index < -0.39 is 0 Å². The Bertz CT molecular complexity index is 577. The Kier molecular flexibility index (Phi) is 7.94. The van der Waals surface area contributed by atoms with Gasteiger partial charge in [0.05, 0.1) is 19.3 Å². The predicted molar refractivity (Wildman–Crippen MR) is 102 cm³/mol. The Hall–Kier alpha value is -1.57. The van der Waals surface area contributed by atoms with Crippen LogP contribution in [0.1, 0.15) is 11.1 Å². The minimum absolute atomic E-state index is 0. The summed E-state index contributed by atoms with van der Waals surface area (Å²) in [4.78, 5) is 6.63. The molecule has 1 aromatic heterocycles. The summed E-state index contributed by atoms with van der Waals surface area (Å²) in [6.07, 6.45) is 3.91. The molecule has 0 fully saturated rings. The third kappa shape index (κ3) is 6.05. The monoisotopic (exact) mass is 413 g/mol. The Morgan fingerprint density at radius 2 is 2.00 bits per heavy atom. The first-order valence-corrected chi connectivity index (χ1v) is 7.14. The second-order valence-corrected chi connectivity index (χ2v) is 5.23. The van der Waals surface area contributed by atoms with Crippen molar-refractivity contribution in [1.82, 2.24) is 20.0 Å². The van der Waals surface area contributed by atoms with Crippen molar-refractivity contribution in [3.8, 4) is 0 Å². The van der Waals surface area contributed by atoms with E-state index in [-0.39, 0.29) is 24.0 Å². The summed E-state index contributed by atoms with van der Waals surface area (Å²) in [7, 11) is 3.99. The number of halogens is 1. The molecule has 0 aliphatic rings. The number of hydrogen-bond acceptors (Lipinski definition) is 2. The Morgan fingerprint density at radius 1 is 1.27 bits per heavy atom. The highest BCUT2D eigenvalue weighted by molar-refractivity contribution is 14.0. The molecule has 0 saturated carbocycles. The van der Waals surface area contributed by atoms with Gasteiger partial charge in [0, 0.05) is 26.8 Å². The van der Waals surface area contributed by atoms with Crippen LogP contribution in [0.3, 0.4) is 0 Å². The van der Waals surface area contributed by atoms with Crippen molar-refractivity contribution in [2.24, 2.45) is 4.99 Å². The van der Waals surface area contributed by atoms with Crippen LogP contribution in [0.4, 0.5) is 0 Å². The molecule has 2 rings (SSSR count). The number of aliphatic imine (C=N–C) groups is 1. The summed E-state index contributed by atoms with van der Waals surface area (Å²) in [6, 6.07) is 10.3. The van der Waals surface area contributed by atoms with Crippen LogP contribution in [0.2, 0.25) is 0 Å². The van der Waals surface area contributed by atoms with E-state index >= 15 is 0 Å². The molecule has 1 N–H and O–H groups in total. The molecule has 0 aliphatic carbocycles. The highest BCUT2D eigenvalue weighted by atomic mass is 127. The fraction of sp³-hybridized carbons (Fsp3) is 0.375. The number of hydrogen-bond donors (Lipinski definition) is 1. The molecule has 0 saturated heterocycles. The van der Waals surface area contributed by atoms with Crippen molar-refractivity contribution in [3.05, 3.63) is 53.9 Å². The molecule has 6 heteroatoms. The lowest BCUT2D eigenvalue weighted by molar-refractivity contribution is 0.548. The van der Waals surface area contributed by atoms with E-state index in [1.54, 1.807) is 0 Å². The van der Waals surface area contributed by atoms with Crippen molar-refractivity contribution in [1.29, 1.82) is 0 Å². The molecule has 0 bridgehead atoms. The highest BCUT2D eigenvalue weighted by Crippen LogP contribution is 2.00. The van der Waals surface area contributed by atoms with Crippen LogP contribution in [-0.4, -0.2) is 41.3 Å². The molecule has 5 nitrogen and oxygen atoms in total. The molecule has 0 unspecified atom stereocenters. The summed E-state index contributed by atoms with van der Waals surface area (Å²) in [5.74, 6) is 0.891. The zero-order valence-corrected chi connectivity index (χ0v) is 15.7. The van der Waals surface area contributed by atoms with Crippen LogP contribution in [0.25, 0.3) is 0 Å². The lowest BCUT2D eigenvalue weighted by Crippen LogP contribution is -2.38. The molecule has 1 heterocycles. The van der Waals surface area contributed by atoms with E-state index in [4.69, 9.17) is 0 Å². The van der Waals surface area contributed by atoms with Crippen molar-refractivity contribution >= 4 is 29.9 Å². The topological polar surface area (TPSA) is 45.5 Å². The molecule has 0 aliphatic heterocycles. The minimum Gasteiger partial charge on any atom is -0.354 e. The first-order chi connectivity index (χ1) is 10.1. The van der Waals surface area contributed by atoms with Crippen LogP contribution in [0.15, 0.2) is 47.7 Å². The van der Waals surface area contributed by atoms with Gasteiger partial charge in [0.15, 0.2) is 5.96 Å². The van der Waals surface area contributed by atoms with Gasteiger partial charge in [-0.2, -0.15) is 5.10 Å². The average molecular weight is 413 g/mol. The second-order valence-electron chi connectivity index (χ2n) is 5.23. The van der Waals surface area contributed by atoms with Crippen molar-refractivity contribution in [2.45, 2.75) is 20.0 Å². The molecular formula is C16H24IN5.